The zero-order valence-electron chi connectivity index (χ0n) is 8.70. The Morgan fingerprint density at radius 3 is 3.07 bits per heavy atom. The summed E-state index contributed by atoms with van der Waals surface area (Å²) >= 11 is 7.09. The first kappa shape index (κ1) is 12.5. The lowest BCUT2D eigenvalue weighted by molar-refractivity contribution is -0.121. The van der Waals surface area contributed by atoms with Crippen LogP contribution in [0.5, 0.6) is 0 Å². The zero-order valence-corrected chi connectivity index (χ0v) is 10.3. The number of amides is 1. The molecule has 5 heteroatoms. The average molecular weight is 247 g/mol. The number of halogens is 1. The molecule has 0 aliphatic rings. The molecule has 1 atom stereocenters. The van der Waals surface area contributed by atoms with Crippen LogP contribution in [0.15, 0.2) is 11.6 Å². The van der Waals surface area contributed by atoms with Gasteiger partial charge < -0.3 is 5.32 Å². The maximum Gasteiger partial charge on any atom is 0.220 e. The van der Waals surface area contributed by atoms with Gasteiger partial charge >= 0.3 is 0 Å². The Morgan fingerprint density at radius 2 is 2.53 bits per heavy atom. The van der Waals surface area contributed by atoms with E-state index in [9.17, 15) is 4.79 Å². The normalized spacial score (nSPS) is 12.4. The first-order valence-corrected chi connectivity index (χ1v) is 6.44. The average Bonchev–Trinajstić information content (AvgIpc) is 2.76. The van der Waals surface area contributed by atoms with Gasteiger partial charge in [-0.1, -0.05) is 6.92 Å². The third-order valence-corrected chi connectivity index (χ3v) is 3.19. The topological polar surface area (TPSA) is 42.0 Å². The van der Waals surface area contributed by atoms with Gasteiger partial charge in [-0.25, -0.2) is 4.98 Å². The summed E-state index contributed by atoms with van der Waals surface area (Å²) in [5.74, 6) is 0.583. The molecule has 3 nitrogen and oxygen atoms in total. The van der Waals surface area contributed by atoms with Crippen molar-refractivity contribution in [1.82, 2.24) is 10.3 Å². The number of aromatic nitrogens is 1. The number of carbonyl (C=O) groups is 1. The predicted octanol–water partition coefficient (Wildman–Crippen LogP) is 2.73. The smallest absolute Gasteiger partial charge is 0.220 e. The molecule has 0 radical (unpaired) electrons. The monoisotopic (exact) mass is 246 g/mol. The number of alkyl halides is 1. The van der Waals surface area contributed by atoms with Gasteiger partial charge in [-0.15, -0.1) is 22.9 Å². The second-order valence-electron chi connectivity index (χ2n) is 3.19. The summed E-state index contributed by atoms with van der Waals surface area (Å²) < 4.78 is 0. The van der Waals surface area contributed by atoms with Crippen molar-refractivity contribution in [2.24, 2.45) is 0 Å². The minimum Gasteiger partial charge on any atom is -0.347 e. The number of carbonyl (C=O) groups excluding carboxylic acids is 1. The van der Waals surface area contributed by atoms with Gasteiger partial charge in [0, 0.05) is 23.9 Å². The molecule has 1 unspecified atom stereocenters. The minimum absolute atomic E-state index is 0.0489. The second-order valence-corrected chi connectivity index (χ2v) is 4.50. The van der Waals surface area contributed by atoms with Crippen molar-refractivity contribution >= 4 is 28.8 Å². The summed E-state index contributed by atoms with van der Waals surface area (Å²) in [6, 6.07) is 0.0489. The Hall–Kier alpha value is -0.610. The summed E-state index contributed by atoms with van der Waals surface area (Å²) in [5, 5.41) is 5.84. The fourth-order valence-corrected chi connectivity index (χ4v) is 2.15. The number of nitrogens with one attached hydrogen (secondary N) is 1. The summed E-state index contributed by atoms with van der Waals surface area (Å²) in [6.45, 7) is 2.04. The van der Waals surface area contributed by atoms with Gasteiger partial charge in [0.25, 0.3) is 0 Å². The Morgan fingerprint density at radius 1 is 1.73 bits per heavy atom. The molecule has 0 bridgehead atoms. The molecule has 1 amide bonds. The number of thiazole rings is 1. The molecule has 1 aromatic rings. The lowest BCUT2D eigenvalue weighted by Crippen LogP contribution is -2.27. The van der Waals surface area contributed by atoms with E-state index in [1.165, 1.54) is 0 Å². The molecule has 84 valence electrons. The summed E-state index contributed by atoms with van der Waals surface area (Å²) in [7, 11) is 0. The van der Waals surface area contributed by atoms with Crippen LogP contribution in [0, 0.1) is 0 Å². The maximum absolute atomic E-state index is 11.5. The molecule has 1 N–H and O–H groups in total. The number of nitrogens with zero attached hydrogens (tertiary/aromatic N) is 1. The highest BCUT2D eigenvalue weighted by Gasteiger charge is 2.14. The van der Waals surface area contributed by atoms with Gasteiger partial charge in [0.15, 0.2) is 0 Å². The van der Waals surface area contributed by atoms with E-state index in [1.807, 2.05) is 12.3 Å². The molecule has 0 aromatic carbocycles. The minimum atomic E-state index is 0.0489. The molecule has 1 aromatic heterocycles. The third kappa shape index (κ3) is 4.18. The third-order valence-electron chi connectivity index (χ3n) is 2.03. The highest BCUT2D eigenvalue weighted by Crippen LogP contribution is 2.18. The van der Waals surface area contributed by atoms with Crippen molar-refractivity contribution in [2.45, 2.75) is 32.2 Å². The van der Waals surface area contributed by atoms with Gasteiger partial charge in [0.2, 0.25) is 5.91 Å². The molecule has 0 aliphatic carbocycles. The van der Waals surface area contributed by atoms with Crippen LogP contribution >= 0.6 is 22.9 Å². The van der Waals surface area contributed by atoms with E-state index in [0.717, 1.165) is 17.8 Å². The Bertz CT molecular complexity index is 290. The fraction of sp³-hybridized carbons (Fsp3) is 0.600. The molecule has 0 aliphatic heterocycles. The van der Waals surface area contributed by atoms with Crippen LogP contribution in [-0.4, -0.2) is 16.8 Å². The quantitative estimate of drug-likeness (QED) is 0.785. The molecule has 0 saturated carbocycles. The highest BCUT2D eigenvalue weighted by molar-refractivity contribution is 7.09. The number of hydrogen-bond donors (Lipinski definition) is 1. The zero-order chi connectivity index (χ0) is 11.1. The van der Waals surface area contributed by atoms with Crippen LogP contribution < -0.4 is 5.32 Å². The van der Waals surface area contributed by atoms with Crippen molar-refractivity contribution in [1.29, 1.82) is 0 Å². The standard InChI is InChI=1S/C10H15ClN2OS/c1-2-8(10-12-6-7-15-10)13-9(14)4-3-5-11/h6-8H,2-5H2,1H3,(H,13,14). The van der Waals surface area contributed by atoms with E-state index in [0.29, 0.717) is 12.3 Å². The summed E-state index contributed by atoms with van der Waals surface area (Å²) in [4.78, 5) is 15.7. The number of hydrogen-bond acceptors (Lipinski definition) is 3. The van der Waals surface area contributed by atoms with Crippen LogP contribution in [0.3, 0.4) is 0 Å². The van der Waals surface area contributed by atoms with E-state index >= 15 is 0 Å². The van der Waals surface area contributed by atoms with Crippen LogP contribution in [0.4, 0.5) is 0 Å². The molecule has 15 heavy (non-hydrogen) atoms. The maximum atomic E-state index is 11.5. The van der Waals surface area contributed by atoms with E-state index in [4.69, 9.17) is 11.6 Å². The molecular weight excluding hydrogens is 232 g/mol. The van der Waals surface area contributed by atoms with E-state index in [2.05, 4.69) is 10.3 Å². The van der Waals surface area contributed by atoms with Gasteiger partial charge in [0.05, 0.1) is 6.04 Å². The van der Waals surface area contributed by atoms with Crippen LogP contribution in [0.2, 0.25) is 0 Å². The van der Waals surface area contributed by atoms with Gasteiger partial charge in [0.1, 0.15) is 5.01 Å². The van der Waals surface area contributed by atoms with Crippen molar-refractivity contribution < 1.29 is 4.79 Å². The first-order chi connectivity index (χ1) is 7.27. The summed E-state index contributed by atoms with van der Waals surface area (Å²) in [6.07, 6.45) is 3.83. The molecule has 1 heterocycles. The molecule has 0 saturated heterocycles. The fourth-order valence-electron chi connectivity index (χ4n) is 1.24. The molecule has 0 spiro atoms. The largest absolute Gasteiger partial charge is 0.347 e. The Labute approximate surface area is 98.9 Å². The molecule has 1 rings (SSSR count). The Balaban J connectivity index is 2.44. The predicted molar refractivity (Wildman–Crippen MR) is 63.2 cm³/mol. The van der Waals surface area contributed by atoms with Crippen molar-refractivity contribution in [3.05, 3.63) is 16.6 Å². The van der Waals surface area contributed by atoms with Gasteiger partial charge in [-0.3, -0.25) is 4.79 Å². The van der Waals surface area contributed by atoms with Crippen molar-refractivity contribution in [2.75, 3.05) is 5.88 Å². The van der Waals surface area contributed by atoms with E-state index < -0.39 is 0 Å². The van der Waals surface area contributed by atoms with Crippen LogP contribution in [0.25, 0.3) is 0 Å². The lowest BCUT2D eigenvalue weighted by atomic mass is 10.2. The molecular formula is C10H15ClN2OS. The number of rotatable bonds is 6. The first-order valence-electron chi connectivity index (χ1n) is 5.02. The van der Waals surface area contributed by atoms with E-state index in [1.54, 1.807) is 17.5 Å². The van der Waals surface area contributed by atoms with Crippen molar-refractivity contribution in [3.63, 3.8) is 0 Å². The van der Waals surface area contributed by atoms with Crippen LogP contribution in [-0.2, 0) is 4.79 Å². The van der Waals surface area contributed by atoms with Gasteiger partial charge in [-0.2, -0.15) is 0 Å². The van der Waals surface area contributed by atoms with E-state index in [-0.39, 0.29) is 11.9 Å². The lowest BCUT2D eigenvalue weighted by Gasteiger charge is -2.13. The van der Waals surface area contributed by atoms with Crippen LogP contribution in [0.1, 0.15) is 37.2 Å². The second kappa shape index (κ2) is 6.80. The summed E-state index contributed by atoms with van der Waals surface area (Å²) in [5.41, 5.74) is 0. The van der Waals surface area contributed by atoms with Gasteiger partial charge in [-0.05, 0) is 12.8 Å². The van der Waals surface area contributed by atoms with Crippen molar-refractivity contribution in [3.8, 4) is 0 Å². The SMILES string of the molecule is CCC(NC(=O)CCCCl)c1nccs1. The Kier molecular flexibility index (Phi) is 5.65. The highest BCUT2D eigenvalue weighted by atomic mass is 35.5. The molecule has 0 fully saturated rings.